The minimum absolute atomic E-state index is 0.107. The summed E-state index contributed by atoms with van der Waals surface area (Å²) in [5, 5.41) is 8.92. The van der Waals surface area contributed by atoms with Crippen LogP contribution in [0.4, 0.5) is 0 Å². The van der Waals surface area contributed by atoms with Gasteiger partial charge in [0.25, 0.3) is 0 Å². The average molecular weight is 342 g/mol. The van der Waals surface area contributed by atoms with E-state index in [0.717, 1.165) is 50.9 Å². The SMILES string of the molecule is Cn1ccnc1[C@@H]1OCCC[C@H]1CN1CCn2c(nnc2C2CC2)C1. The van der Waals surface area contributed by atoms with Crippen molar-refractivity contribution in [3.63, 3.8) is 0 Å². The van der Waals surface area contributed by atoms with Gasteiger partial charge in [-0.05, 0) is 25.7 Å². The Morgan fingerprint density at radius 2 is 2.08 bits per heavy atom. The normalized spacial score (nSPS) is 27.4. The van der Waals surface area contributed by atoms with E-state index in [-0.39, 0.29) is 6.10 Å². The molecule has 0 aromatic carbocycles. The molecule has 0 radical (unpaired) electrons. The summed E-state index contributed by atoms with van der Waals surface area (Å²) in [5.74, 6) is 4.58. The summed E-state index contributed by atoms with van der Waals surface area (Å²) in [6.07, 6.45) is 8.89. The highest BCUT2D eigenvalue weighted by atomic mass is 16.5. The third kappa shape index (κ3) is 2.89. The Morgan fingerprint density at radius 3 is 2.88 bits per heavy atom. The number of aryl methyl sites for hydroxylation is 1. The highest BCUT2D eigenvalue weighted by Gasteiger charge is 2.35. The second kappa shape index (κ2) is 6.21. The van der Waals surface area contributed by atoms with Gasteiger partial charge in [-0.3, -0.25) is 4.90 Å². The van der Waals surface area contributed by atoms with Gasteiger partial charge in [-0.1, -0.05) is 0 Å². The first kappa shape index (κ1) is 15.5. The standard InChI is InChI=1S/C18H26N6O/c1-22-7-6-19-18(22)16-14(3-2-10-25-16)11-23-8-9-24-15(12-23)20-21-17(24)13-4-5-13/h6-7,13-14,16H,2-5,8-12H2,1H3/t14-,16+/m0/s1. The van der Waals surface area contributed by atoms with Crippen molar-refractivity contribution in [1.82, 2.24) is 29.2 Å². The highest BCUT2D eigenvalue weighted by molar-refractivity contribution is 5.10. The number of ether oxygens (including phenoxy) is 1. The van der Waals surface area contributed by atoms with Crippen LogP contribution in [-0.4, -0.2) is 48.9 Å². The van der Waals surface area contributed by atoms with Gasteiger partial charge in [0, 0.05) is 57.5 Å². The van der Waals surface area contributed by atoms with Crippen molar-refractivity contribution >= 4 is 0 Å². The number of aromatic nitrogens is 5. The van der Waals surface area contributed by atoms with Gasteiger partial charge < -0.3 is 13.9 Å². The smallest absolute Gasteiger partial charge is 0.147 e. The predicted molar refractivity (Wildman–Crippen MR) is 91.9 cm³/mol. The van der Waals surface area contributed by atoms with E-state index >= 15 is 0 Å². The van der Waals surface area contributed by atoms with E-state index in [1.165, 1.54) is 25.1 Å². The summed E-state index contributed by atoms with van der Waals surface area (Å²) in [7, 11) is 2.06. The molecule has 4 heterocycles. The number of rotatable bonds is 4. The van der Waals surface area contributed by atoms with Crippen LogP contribution in [0.15, 0.2) is 12.4 Å². The molecular weight excluding hydrogens is 316 g/mol. The number of hydrogen-bond acceptors (Lipinski definition) is 5. The molecule has 0 spiro atoms. The Kier molecular flexibility index (Phi) is 3.86. The highest BCUT2D eigenvalue weighted by Crippen LogP contribution is 2.40. The van der Waals surface area contributed by atoms with Crippen molar-refractivity contribution in [2.75, 3.05) is 19.7 Å². The van der Waals surface area contributed by atoms with Crippen LogP contribution in [0, 0.1) is 5.92 Å². The first-order valence-electron chi connectivity index (χ1n) is 9.53. The molecule has 1 saturated carbocycles. The van der Waals surface area contributed by atoms with Gasteiger partial charge in [-0.2, -0.15) is 0 Å². The lowest BCUT2D eigenvalue weighted by Gasteiger charge is -2.36. The maximum absolute atomic E-state index is 6.13. The summed E-state index contributed by atoms with van der Waals surface area (Å²) in [6, 6.07) is 0. The van der Waals surface area contributed by atoms with Crippen molar-refractivity contribution < 1.29 is 4.74 Å². The zero-order chi connectivity index (χ0) is 16.8. The van der Waals surface area contributed by atoms with Crippen molar-refractivity contribution in [2.45, 2.75) is 50.8 Å². The van der Waals surface area contributed by atoms with E-state index in [4.69, 9.17) is 4.74 Å². The van der Waals surface area contributed by atoms with E-state index in [2.05, 4.69) is 36.3 Å². The molecule has 1 saturated heterocycles. The Labute approximate surface area is 148 Å². The third-order valence-electron chi connectivity index (χ3n) is 5.85. The van der Waals surface area contributed by atoms with Gasteiger partial charge in [0.05, 0.1) is 6.54 Å². The molecule has 2 aliphatic heterocycles. The number of nitrogens with zero attached hydrogens (tertiary/aromatic N) is 6. The van der Waals surface area contributed by atoms with Crippen LogP contribution in [-0.2, 0) is 24.9 Å². The minimum Gasteiger partial charge on any atom is -0.370 e. The molecule has 3 aliphatic rings. The topological polar surface area (TPSA) is 61.0 Å². The van der Waals surface area contributed by atoms with Gasteiger partial charge in [-0.15, -0.1) is 10.2 Å². The average Bonchev–Trinajstić information content (AvgIpc) is 3.25. The van der Waals surface area contributed by atoms with Crippen LogP contribution < -0.4 is 0 Å². The Balaban J connectivity index is 1.30. The summed E-state index contributed by atoms with van der Waals surface area (Å²) in [5.41, 5.74) is 0. The molecule has 2 aromatic heterocycles. The predicted octanol–water partition coefficient (Wildman–Crippen LogP) is 1.87. The maximum atomic E-state index is 6.13. The molecule has 7 heteroatoms. The van der Waals surface area contributed by atoms with Crippen molar-refractivity contribution in [2.24, 2.45) is 13.0 Å². The molecule has 25 heavy (non-hydrogen) atoms. The molecule has 0 bridgehead atoms. The van der Waals surface area contributed by atoms with E-state index in [1.54, 1.807) is 0 Å². The molecule has 1 aliphatic carbocycles. The molecule has 0 N–H and O–H groups in total. The quantitative estimate of drug-likeness (QED) is 0.849. The Morgan fingerprint density at radius 1 is 1.16 bits per heavy atom. The summed E-state index contributed by atoms with van der Waals surface area (Å²) in [6.45, 7) is 4.89. The fourth-order valence-corrected chi connectivity index (χ4v) is 4.33. The molecule has 134 valence electrons. The van der Waals surface area contributed by atoms with Crippen LogP contribution in [0.25, 0.3) is 0 Å². The van der Waals surface area contributed by atoms with Gasteiger partial charge in [0.15, 0.2) is 0 Å². The van der Waals surface area contributed by atoms with Crippen molar-refractivity contribution in [3.05, 3.63) is 29.9 Å². The largest absolute Gasteiger partial charge is 0.370 e. The minimum atomic E-state index is 0.107. The molecule has 5 rings (SSSR count). The van der Waals surface area contributed by atoms with Crippen LogP contribution in [0.1, 0.15) is 55.2 Å². The lowest BCUT2D eigenvalue weighted by atomic mass is 9.92. The van der Waals surface area contributed by atoms with E-state index < -0.39 is 0 Å². The maximum Gasteiger partial charge on any atom is 0.147 e. The zero-order valence-corrected chi connectivity index (χ0v) is 14.8. The molecule has 2 atom stereocenters. The summed E-state index contributed by atoms with van der Waals surface area (Å²) in [4.78, 5) is 7.07. The lowest BCUT2D eigenvalue weighted by Crippen LogP contribution is -2.40. The van der Waals surface area contributed by atoms with Crippen LogP contribution >= 0.6 is 0 Å². The zero-order valence-electron chi connectivity index (χ0n) is 14.8. The number of imidazole rings is 1. The fourth-order valence-electron chi connectivity index (χ4n) is 4.33. The number of hydrogen-bond donors (Lipinski definition) is 0. The van der Waals surface area contributed by atoms with Crippen LogP contribution in [0.2, 0.25) is 0 Å². The molecule has 2 aromatic rings. The van der Waals surface area contributed by atoms with Crippen LogP contribution in [0.5, 0.6) is 0 Å². The van der Waals surface area contributed by atoms with E-state index in [9.17, 15) is 0 Å². The molecule has 2 fully saturated rings. The van der Waals surface area contributed by atoms with Gasteiger partial charge in [0.2, 0.25) is 0 Å². The van der Waals surface area contributed by atoms with Crippen molar-refractivity contribution in [3.8, 4) is 0 Å². The van der Waals surface area contributed by atoms with E-state index in [0.29, 0.717) is 11.8 Å². The van der Waals surface area contributed by atoms with E-state index in [1.807, 2.05) is 12.4 Å². The molecule has 0 unspecified atom stereocenters. The monoisotopic (exact) mass is 342 g/mol. The van der Waals surface area contributed by atoms with Gasteiger partial charge in [0.1, 0.15) is 23.6 Å². The lowest BCUT2D eigenvalue weighted by molar-refractivity contribution is -0.0474. The van der Waals surface area contributed by atoms with Crippen LogP contribution in [0.3, 0.4) is 0 Å². The Bertz CT molecular complexity index is 749. The molecule has 0 amide bonds. The summed E-state index contributed by atoms with van der Waals surface area (Å²) < 4.78 is 10.6. The number of fused-ring (bicyclic) bond motifs is 1. The third-order valence-corrected chi connectivity index (χ3v) is 5.85. The second-order valence-corrected chi connectivity index (χ2v) is 7.73. The first-order chi connectivity index (χ1) is 12.3. The van der Waals surface area contributed by atoms with Gasteiger partial charge in [-0.25, -0.2) is 4.98 Å². The Hall–Kier alpha value is -1.73. The second-order valence-electron chi connectivity index (χ2n) is 7.73. The first-order valence-corrected chi connectivity index (χ1v) is 9.53. The fraction of sp³-hybridized carbons (Fsp3) is 0.722. The molecular formula is C18H26N6O. The molecule has 7 nitrogen and oxygen atoms in total. The van der Waals surface area contributed by atoms with Gasteiger partial charge >= 0.3 is 0 Å². The van der Waals surface area contributed by atoms with Crippen molar-refractivity contribution in [1.29, 1.82) is 0 Å². The summed E-state index contributed by atoms with van der Waals surface area (Å²) >= 11 is 0.